The molecule has 6 nitrogen and oxygen atoms in total. The molecule has 0 aliphatic rings. The van der Waals surface area contributed by atoms with Gasteiger partial charge < -0.3 is 10.2 Å². The Balaban J connectivity index is 1.73. The average Bonchev–Trinajstić information content (AvgIpc) is 2.93. The fourth-order valence-corrected chi connectivity index (χ4v) is 1.92. The van der Waals surface area contributed by atoms with Crippen molar-refractivity contribution in [2.24, 2.45) is 0 Å². The van der Waals surface area contributed by atoms with Crippen molar-refractivity contribution in [1.29, 1.82) is 0 Å². The van der Waals surface area contributed by atoms with Gasteiger partial charge in [-0.1, -0.05) is 29.1 Å². The molecule has 0 fully saturated rings. The highest BCUT2D eigenvalue weighted by atomic mass is 19.1. The molecule has 1 aromatic heterocycles. The number of fused-ring (bicyclic) bond motifs is 1. The second-order valence-corrected chi connectivity index (χ2v) is 4.67. The summed E-state index contributed by atoms with van der Waals surface area (Å²) >= 11 is 0. The van der Waals surface area contributed by atoms with Crippen molar-refractivity contribution in [3.63, 3.8) is 0 Å². The lowest BCUT2D eigenvalue weighted by Gasteiger charge is -2.14. The molecule has 0 saturated carbocycles. The van der Waals surface area contributed by atoms with Gasteiger partial charge in [0.2, 0.25) is 6.10 Å². The maximum absolute atomic E-state index is 13.5. The molecular formula is C15H13FN4O2. The highest BCUT2D eigenvalue weighted by molar-refractivity contribution is 5.94. The Kier molecular flexibility index (Phi) is 3.69. The van der Waals surface area contributed by atoms with Gasteiger partial charge in [0.25, 0.3) is 5.91 Å². The predicted molar refractivity (Wildman–Crippen MR) is 78.6 cm³/mol. The summed E-state index contributed by atoms with van der Waals surface area (Å²) in [6, 6.07) is 13.1. The third-order valence-corrected chi connectivity index (χ3v) is 3.08. The van der Waals surface area contributed by atoms with Gasteiger partial charge in [-0.25, -0.2) is 4.39 Å². The smallest absolute Gasteiger partial charge is 0.268 e. The molecule has 112 valence electrons. The molecule has 0 radical (unpaired) electrons. The molecular weight excluding hydrogens is 287 g/mol. The SMILES string of the molecule is C[C@@H](On1nnc2ccccc21)C(=O)Nc1ccccc1F. The number of nitrogens with zero attached hydrogens (tertiary/aromatic N) is 3. The van der Waals surface area contributed by atoms with E-state index in [2.05, 4.69) is 15.6 Å². The van der Waals surface area contributed by atoms with Gasteiger partial charge in [0.05, 0.1) is 5.69 Å². The normalized spacial score (nSPS) is 12.1. The van der Waals surface area contributed by atoms with Crippen molar-refractivity contribution in [3.05, 3.63) is 54.3 Å². The summed E-state index contributed by atoms with van der Waals surface area (Å²) in [5, 5.41) is 10.2. The number of benzene rings is 2. The van der Waals surface area contributed by atoms with E-state index in [4.69, 9.17) is 4.84 Å². The molecule has 22 heavy (non-hydrogen) atoms. The van der Waals surface area contributed by atoms with Crippen LogP contribution in [0.4, 0.5) is 10.1 Å². The van der Waals surface area contributed by atoms with Crippen LogP contribution in [0.5, 0.6) is 0 Å². The summed E-state index contributed by atoms with van der Waals surface area (Å²) in [6.07, 6.45) is -0.871. The molecule has 0 saturated heterocycles. The Morgan fingerprint density at radius 2 is 1.95 bits per heavy atom. The van der Waals surface area contributed by atoms with Crippen LogP contribution in [0.25, 0.3) is 11.0 Å². The summed E-state index contributed by atoms with van der Waals surface area (Å²) in [5.74, 6) is -0.987. The number of amides is 1. The number of para-hydroxylation sites is 2. The molecule has 0 aliphatic heterocycles. The Labute approximate surface area is 125 Å². The maximum atomic E-state index is 13.5. The largest absolute Gasteiger partial charge is 0.382 e. The maximum Gasteiger partial charge on any atom is 0.268 e. The van der Waals surface area contributed by atoms with Crippen LogP contribution in [0.15, 0.2) is 48.5 Å². The standard InChI is InChI=1S/C15H13FN4O2/c1-10(15(21)17-12-7-3-2-6-11(12)16)22-20-14-9-5-4-8-13(14)18-19-20/h2-10H,1H3,(H,17,21)/t10-/m1/s1. The van der Waals surface area contributed by atoms with Crippen LogP contribution in [0.2, 0.25) is 0 Å². The van der Waals surface area contributed by atoms with Crippen LogP contribution in [0.1, 0.15) is 6.92 Å². The minimum absolute atomic E-state index is 0.103. The van der Waals surface area contributed by atoms with Gasteiger partial charge in [0, 0.05) is 0 Å². The van der Waals surface area contributed by atoms with Gasteiger partial charge in [-0.05, 0) is 36.4 Å². The number of hydrogen-bond donors (Lipinski definition) is 1. The highest BCUT2D eigenvalue weighted by Gasteiger charge is 2.18. The Morgan fingerprint density at radius 3 is 2.77 bits per heavy atom. The zero-order valence-corrected chi connectivity index (χ0v) is 11.7. The third-order valence-electron chi connectivity index (χ3n) is 3.08. The lowest BCUT2D eigenvalue weighted by atomic mass is 10.3. The summed E-state index contributed by atoms with van der Waals surface area (Å²) < 4.78 is 13.5. The molecule has 0 spiro atoms. The molecule has 2 aromatic carbocycles. The van der Waals surface area contributed by atoms with Crippen molar-refractivity contribution in [1.82, 2.24) is 15.2 Å². The monoisotopic (exact) mass is 300 g/mol. The fourth-order valence-electron chi connectivity index (χ4n) is 1.92. The molecule has 1 heterocycles. The zero-order valence-electron chi connectivity index (χ0n) is 11.7. The highest BCUT2D eigenvalue weighted by Crippen LogP contribution is 2.13. The van der Waals surface area contributed by atoms with E-state index in [0.29, 0.717) is 11.0 Å². The lowest BCUT2D eigenvalue weighted by Crippen LogP contribution is -2.35. The third kappa shape index (κ3) is 2.73. The average molecular weight is 300 g/mol. The Hall–Kier alpha value is -2.96. The van der Waals surface area contributed by atoms with E-state index in [-0.39, 0.29) is 5.69 Å². The molecule has 3 rings (SSSR count). The number of anilines is 1. The van der Waals surface area contributed by atoms with Gasteiger partial charge in [-0.2, -0.15) is 0 Å². The van der Waals surface area contributed by atoms with Crippen molar-refractivity contribution in [2.45, 2.75) is 13.0 Å². The number of nitrogens with one attached hydrogen (secondary N) is 1. The van der Waals surface area contributed by atoms with E-state index in [0.717, 1.165) is 0 Å². The van der Waals surface area contributed by atoms with E-state index in [1.165, 1.54) is 17.0 Å². The van der Waals surface area contributed by atoms with Crippen LogP contribution >= 0.6 is 0 Å². The van der Waals surface area contributed by atoms with E-state index in [1.54, 1.807) is 31.2 Å². The number of carbonyl (C=O) groups is 1. The van der Waals surface area contributed by atoms with Gasteiger partial charge in [0.15, 0.2) is 0 Å². The molecule has 1 amide bonds. The van der Waals surface area contributed by atoms with Crippen molar-refractivity contribution in [3.8, 4) is 0 Å². The second kappa shape index (κ2) is 5.80. The number of carbonyl (C=O) groups excluding carboxylic acids is 1. The molecule has 1 atom stereocenters. The first-order valence-corrected chi connectivity index (χ1v) is 6.68. The van der Waals surface area contributed by atoms with E-state index >= 15 is 0 Å². The second-order valence-electron chi connectivity index (χ2n) is 4.67. The minimum Gasteiger partial charge on any atom is -0.382 e. The number of halogens is 1. The minimum atomic E-state index is -0.871. The van der Waals surface area contributed by atoms with Crippen molar-refractivity contribution in [2.75, 3.05) is 5.32 Å². The number of aromatic nitrogens is 3. The van der Waals surface area contributed by atoms with E-state index in [9.17, 15) is 9.18 Å². The molecule has 3 aromatic rings. The first-order chi connectivity index (χ1) is 10.6. The first kappa shape index (κ1) is 14.0. The van der Waals surface area contributed by atoms with Crippen LogP contribution < -0.4 is 10.2 Å². The van der Waals surface area contributed by atoms with Gasteiger partial charge in [0.1, 0.15) is 16.9 Å². The van der Waals surface area contributed by atoms with Crippen LogP contribution in [-0.4, -0.2) is 27.2 Å². The van der Waals surface area contributed by atoms with Gasteiger partial charge in [-0.3, -0.25) is 4.79 Å². The zero-order chi connectivity index (χ0) is 15.5. The van der Waals surface area contributed by atoms with Crippen LogP contribution in [0.3, 0.4) is 0 Å². The molecule has 0 bridgehead atoms. The van der Waals surface area contributed by atoms with Crippen LogP contribution in [0, 0.1) is 5.82 Å². The Morgan fingerprint density at radius 1 is 1.23 bits per heavy atom. The van der Waals surface area contributed by atoms with Crippen molar-refractivity contribution >= 4 is 22.6 Å². The topological polar surface area (TPSA) is 69.0 Å². The van der Waals surface area contributed by atoms with Gasteiger partial charge in [-0.15, -0.1) is 5.10 Å². The number of rotatable bonds is 4. The van der Waals surface area contributed by atoms with Gasteiger partial charge >= 0.3 is 0 Å². The van der Waals surface area contributed by atoms with Crippen LogP contribution in [-0.2, 0) is 4.79 Å². The summed E-state index contributed by atoms with van der Waals surface area (Å²) in [4.78, 5) is 18.7. The lowest BCUT2D eigenvalue weighted by molar-refractivity contribution is -0.127. The Bertz CT molecular complexity index is 818. The predicted octanol–water partition coefficient (Wildman–Crippen LogP) is 2.03. The fraction of sp³-hybridized carbons (Fsp3) is 0.133. The quantitative estimate of drug-likeness (QED) is 0.800. The first-order valence-electron chi connectivity index (χ1n) is 6.68. The summed E-state index contributed by atoms with van der Waals surface area (Å²) in [7, 11) is 0. The van der Waals surface area contributed by atoms with Crippen molar-refractivity contribution < 1.29 is 14.0 Å². The molecule has 0 aliphatic carbocycles. The van der Waals surface area contributed by atoms with E-state index in [1.807, 2.05) is 12.1 Å². The summed E-state index contributed by atoms with van der Waals surface area (Å²) in [6.45, 7) is 1.55. The molecule has 1 N–H and O–H groups in total. The van der Waals surface area contributed by atoms with E-state index < -0.39 is 17.8 Å². The summed E-state index contributed by atoms with van der Waals surface area (Å²) in [5.41, 5.74) is 1.41. The molecule has 7 heteroatoms. The number of hydrogen-bond acceptors (Lipinski definition) is 4. The molecule has 0 unspecified atom stereocenters.